The number of fused-ring (bicyclic) bond motifs is 1. The Hall–Kier alpha value is -4.07. The first kappa shape index (κ1) is 18.3. The van der Waals surface area contributed by atoms with Gasteiger partial charge >= 0.3 is 5.97 Å². The lowest BCUT2D eigenvalue weighted by Crippen LogP contribution is -2.10. The second-order valence-corrected chi connectivity index (χ2v) is 6.09. The van der Waals surface area contributed by atoms with Crippen molar-refractivity contribution in [1.29, 1.82) is 0 Å². The van der Waals surface area contributed by atoms with Gasteiger partial charge < -0.3 is 9.47 Å². The molecule has 0 N–H and O–H groups in total. The van der Waals surface area contributed by atoms with Crippen molar-refractivity contribution < 1.29 is 19.1 Å². The van der Waals surface area contributed by atoms with E-state index in [0.29, 0.717) is 28.1 Å². The molecule has 0 saturated carbocycles. The van der Waals surface area contributed by atoms with Gasteiger partial charge in [0.1, 0.15) is 22.8 Å². The van der Waals surface area contributed by atoms with Gasteiger partial charge in [-0.05, 0) is 36.4 Å². The summed E-state index contributed by atoms with van der Waals surface area (Å²) in [5, 5.41) is 4.57. The first-order chi connectivity index (χ1) is 14.1. The number of methoxy groups -OCH3 is 2. The van der Waals surface area contributed by atoms with Crippen LogP contribution < -0.4 is 4.74 Å². The van der Waals surface area contributed by atoms with Crippen LogP contribution in [-0.2, 0) is 4.74 Å². The topological polar surface area (TPSA) is 95.7 Å². The van der Waals surface area contributed by atoms with E-state index in [4.69, 9.17) is 9.47 Å². The number of aromatic nitrogens is 4. The summed E-state index contributed by atoms with van der Waals surface area (Å²) in [6.45, 7) is 0. The van der Waals surface area contributed by atoms with Gasteiger partial charge in [-0.15, -0.1) is 0 Å². The number of ketones is 1. The molecule has 0 aliphatic rings. The van der Waals surface area contributed by atoms with Crippen LogP contribution in [0.4, 0.5) is 0 Å². The predicted octanol–water partition coefficient (Wildman–Crippen LogP) is 2.82. The molecular formula is C21H16N4O4. The zero-order valence-corrected chi connectivity index (χ0v) is 15.7. The second kappa shape index (κ2) is 7.51. The fourth-order valence-corrected chi connectivity index (χ4v) is 2.99. The van der Waals surface area contributed by atoms with E-state index in [1.54, 1.807) is 60.5 Å². The Bertz CT molecular complexity index is 1220. The summed E-state index contributed by atoms with van der Waals surface area (Å²) >= 11 is 0. The van der Waals surface area contributed by atoms with Crippen molar-refractivity contribution in [2.24, 2.45) is 0 Å². The van der Waals surface area contributed by atoms with E-state index in [-0.39, 0.29) is 17.2 Å². The number of carbonyl (C=O) groups is 2. The molecule has 0 spiro atoms. The molecule has 0 fully saturated rings. The van der Waals surface area contributed by atoms with Gasteiger partial charge in [0.2, 0.25) is 5.78 Å². The summed E-state index contributed by atoms with van der Waals surface area (Å²) in [6, 6.07) is 11.7. The molecule has 144 valence electrons. The van der Waals surface area contributed by atoms with Gasteiger partial charge in [0, 0.05) is 18.0 Å². The van der Waals surface area contributed by atoms with Gasteiger partial charge in [0.25, 0.3) is 0 Å². The molecule has 0 amide bonds. The fraction of sp³-hybridized carbons (Fsp3) is 0.0952. The molecule has 4 heterocycles. The molecule has 4 rings (SSSR count). The molecule has 8 nitrogen and oxygen atoms in total. The average molecular weight is 388 g/mol. The molecule has 29 heavy (non-hydrogen) atoms. The SMILES string of the molecule is COC(=O)c1cccc(C(=O)c2c(-c3cccnc3)nn3cc(OC)ccc23)n1. The molecule has 0 aliphatic heterocycles. The van der Waals surface area contributed by atoms with Gasteiger partial charge in [-0.2, -0.15) is 5.10 Å². The molecule has 0 bridgehead atoms. The highest BCUT2D eigenvalue weighted by Crippen LogP contribution is 2.29. The van der Waals surface area contributed by atoms with Crippen molar-refractivity contribution in [2.45, 2.75) is 0 Å². The average Bonchev–Trinajstić information content (AvgIpc) is 3.17. The molecule has 8 heteroatoms. The lowest BCUT2D eigenvalue weighted by molar-refractivity contribution is 0.0594. The number of pyridine rings is 3. The number of hydrogen-bond donors (Lipinski definition) is 0. The zero-order chi connectivity index (χ0) is 20.4. The molecule has 0 aliphatic carbocycles. The third kappa shape index (κ3) is 3.31. The Morgan fingerprint density at radius 1 is 1.00 bits per heavy atom. The maximum absolute atomic E-state index is 13.4. The van der Waals surface area contributed by atoms with Gasteiger partial charge in [-0.25, -0.2) is 14.3 Å². The van der Waals surface area contributed by atoms with E-state index >= 15 is 0 Å². The smallest absolute Gasteiger partial charge is 0.356 e. The minimum atomic E-state index is -0.614. The number of rotatable bonds is 5. The number of esters is 1. The Labute approximate surface area is 165 Å². The van der Waals surface area contributed by atoms with Crippen molar-refractivity contribution in [1.82, 2.24) is 19.6 Å². The van der Waals surface area contributed by atoms with Crippen molar-refractivity contribution in [3.05, 3.63) is 78.0 Å². The normalized spacial score (nSPS) is 10.7. The van der Waals surface area contributed by atoms with Crippen LogP contribution in [0.25, 0.3) is 16.8 Å². The van der Waals surface area contributed by atoms with Crippen molar-refractivity contribution in [3.8, 4) is 17.0 Å². The number of carbonyl (C=O) groups excluding carboxylic acids is 2. The predicted molar refractivity (Wildman–Crippen MR) is 104 cm³/mol. The number of hydrogen-bond acceptors (Lipinski definition) is 7. The van der Waals surface area contributed by atoms with Crippen molar-refractivity contribution in [3.63, 3.8) is 0 Å². The van der Waals surface area contributed by atoms with E-state index in [1.807, 2.05) is 6.07 Å². The van der Waals surface area contributed by atoms with Gasteiger partial charge in [0.15, 0.2) is 0 Å². The highest BCUT2D eigenvalue weighted by Gasteiger charge is 2.24. The van der Waals surface area contributed by atoms with Crippen LogP contribution in [0.2, 0.25) is 0 Å². The zero-order valence-electron chi connectivity index (χ0n) is 15.7. The summed E-state index contributed by atoms with van der Waals surface area (Å²) in [5.41, 5.74) is 2.25. The third-order valence-electron chi connectivity index (χ3n) is 4.38. The molecule has 0 saturated heterocycles. The largest absolute Gasteiger partial charge is 0.495 e. The highest BCUT2D eigenvalue weighted by molar-refractivity contribution is 6.16. The summed E-state index contributed by atoms with van der Waals surface area (Å²) in [5.74, 6) is -0.381. The number of ether oxygens (including phenoxy) is 2. The molecular weight excluding hydrogens is 372 g/mol. The second-order valence-electron chi connectivity index (χ2n) is 6.09. The van der Waals surface area contributed by atoms with Crippen LogP contribution in [0.5, 0.6) is 5.75 Å². The van der Waals surface area contributed by atoms with Crippen LogP contribution in [0.1, 0.15) is 26.5 Å². The maximum atomic E-state index is 13.4. The molecule has 0 atom stereocenters. The summed E-state index contributed by atoms with van der Waals surface area (Å²) in [4.78, 5) is 33.5. The van der Waals surface area contributed by atoms with Crippen LogP contribution in [0, 0.1) is 0 Å². The van der Waals surface area contributed by atoms with Gasteiger partial charge in [-0.3, -0.25) is 9.78 Å². The Morgan fingerprint density at radius 2 is 1.83 bits per heavy atom. The van der Waals surface area contributed by atoms with Gasteiger partial charge in [0.05, 0.1) is 31.5 Å². The van der Waals surface area contributed by atoms with E-state index in [0.717, 1.165) is 0 Å². The Balaban J connectivity index is 1.92. The Morgan fingerprint density at radius 3 is 2.55 bits per heavy atom. The van der Waals surface area contributed by atoms with Crippen LogP contribution in [0.3, 0.4) is 0 Å². The van der Waals surface area contributed by atoms with E-state index < -0.39 is 5.97 Å². The monoisotopic (exact) mass is 388 g/mol. The summed E-state index contributed by atoms with van der Waals surface area (Å²) < 4.78 is 11.5. The third-order valence-corrected chi connectivity index (χ3v) is 4.38. The van der Waals surface area contributed by atoms with Crippen molar-refractivity contribution >= 4 is 17.3 Å². The fourth-order valence-electron chi connectivity index (χ4n) is 2.99. The van der Waals surface area contributed by atoms with Crippen LogP contribution in [0.15, 0.2) is 61.1 Å². The van der Waals surface area contributed by atoms with Crippen LogP contribution in [-0.4, -0.2) is 45.6 Å². The first-order valence-corrected chi connectivity index (χ1v) is 8.69. The van der Waals surface area contributed by atoms with Gasteiger partial charge in [-0.1, -0.05) is 6.07 Å². The minimum Gasteiger partial charge on any atom is -0.495 e. The summed E-state index contributed by atoms with van der Waals surface area (Å²) in [6.07, 6.45) is 4.96. The highest BCUT2D eigenvalue weighted by atomic mass is 16.5. The lowest BCUT2D eigenvalue weighted by Gasteiger charge is -2.05. The molecule has 0 unspecified atom stereocenters. The lowest BCUT2D eigenvalue weighted by atomic mass is 10.0. The van der Waals surface area contributed by atoms with Crippen molar-refractivity contribution in [2.75, 3.05) is 14.2 Å². The summed E-state index contributed by atoms with van der Waals surface area (Å²) in [7, 11) is 2.82. The molecule has 0 radical (unpaired) electrons. The molecule has 0 aromatic carbocycles. The first-order valence-electron chi connectivity index (χ1n) is 8.69. The minimum absolute atomic E-state index is 0.0550. The quantitative estimate of drug-likeness (QED) is 0.383. The standard InChI is InChI=1S/C21H16N4O4/c1-28-14-8-9-17-18(19(24-25(17)12-14)13-5-4-10-22-11-13)20(26)15-6-3-7-16(23-15)21(27)29-2/h3-12H,1-2H3. The molecule has 4 aromatic heterocycles. The molecule has 4 aromatic rings. The van der Waals surface area contributed by atoms with E-state index in [1.165, 1.54) is 13.2 Å². The number of nitrogens with zero attached hydrogens (tertiary/aromatic N) is 4. The Kier molecular flexibility index (Phi) is 4.74. The van der Waals surface area contributed by atoms with E-state index in [2.05, 4.69) is 15.1 Å². The maximum Gasteiger partial charge on any atom is 0.356 e. The van der Waals surface area contributed by atoms with E-state index in [9.17, 15) is 9.59 Å². The van der Waals surface area contributed by atoms with Crippen LogP contribution >= 0.6 is 0 Å².